The Kier molecular flexibility index (Phi) is 11.4. The molecule has 0 saturated heterocycles. The molecule has 0 fully saturated rings. The van der Waals surface area contributed by atoms with Crippen LogP contribution in [0.25, 0.3) is 0 Å². The number of hydrogen-bond donors (Lipinski definition) is 1. The number of nitrogens with zero attached hydrogens (tertiary/aromatic N) is 3. The van der Waals surface area contributed by atoms with Crippen molar-refractivity contribution < 1.29 is 22.6 Å². The van der Waals surface area contributed by atoms with E-state index in [0.29, 0.717) is 19.0 Å². The number of benzene rings is 1. The standard InChI is InChI=1S/C19H25F3N4O2S.HI/c1-5-23-19(26(3)10-13-11-29-17(25-13)12(2)27-4)24-9-14-15(20)7-6-8-16(14)28-18(21)22;/h6-8,11-12,18H,5,9-10H2,1-4H3,(H,23,24);1H. The summed E-state index contributed by atoms with van der Waals surface area (Å²) in [6.45, 7) is 1.69. The first-order valence-electron chi connectivity index (χ1n) is 9.04. The number of rotatable bonds is 9. The van der Waals surface area contributed by atoms with Crippen molar-refractivity contribution in [1.29, 1.82) is 0 Å². The van der Waals surface area contributed by atoms with Crippen LogP contribution in [-0.4, -0.2) is 43.2 Å². The van der Waals surface area contributed by atoms with Crippen molar-refractivity contribution in [3.63, 3.8) is 0 Å². The predicted octanol–water partition coefficient (Wildman–Crippen LogP) is 4.81. The van der Waals surface area contributed by atoms with Gasteiger partial charge in [0.05, 0.1) is 24.3 Å². The van der Waals surface area contributed by atoms with Gasteiger partial charge in [-0.3, -0.25) is 0 Å². The summed E-state index contributed by atoms with van der Waals surface area (Å²) in [6.07, 6.45) is -0.0877. The third-order valence-corrected chi connectivity index (χ3v) is 5.10. The highest BCUT2D eigenvalue weighted by Gasteiger charge is 2.16. The Hall–Kier alpha value is -1.60. The molecule has 0 bridgehead atoms. The number of halogens is 4. The molecule has 6 nitrogen and oxygen atoms in total. The van der Waals surface area contributed by atoms with Crippen LogP contribution in [0.5, 0.6) is 5.75 Å². The van der Waals surface area contributed by atoms with Gasteiger partial charge in [-0.2, -0.15) is 8.78 Å². The first kappa shape index (κ1) is 26.4. The van der Waals surface area contributed by atoms with E-state index in [2.05, 4.69) is 20.0 Å². The zero-order valence-electron chi connectivity index (χ0n) is 17.2. The van der Waals surface area contributed by atoms with Crippen molar-refractivity contribution in [3.8, 4) is 5.75 Å². The molecule has 2 aromatic rings. The Morgan fingerprint density at radius 3 is 2.73 bits per heavy atom. The number of guanidine groups is 1. The number of methoxy groups -OCH3 is 1. The molecule has 1 heterocycles. The van der Waals surface area contributed by atoms with Crippen molar-refractivity contribution in [2.24, 2.45) is 4.99 Å². The lowest BCUT2D eigenvalue weighted by Gasteiger charge is -2.21. The summed E-state index contributed by atoms with van der Waals surface area (Å²) in [5.74, 6) is -0.379. The number of aromatic nitrogens is 1. The summed E-state index contributed by atoms with van der Waals surface area (Å²) in [7, 11) is 3.45. The van der Waals surface area contributed by atoms with Crippen LogP contribution in [-0.2, 0) is 17.8 Å². The molecular formula is C19H26F3IN4O2S. The van der Waals surface area contributed by atoms with E-state index >= 15 is 0 Å². The fourth-order valence-corrected chi connectivity index (χ4v) is 3.36. The van der Waals surface area contributed by atoms with Gasteiger partial charge in [0.1, 0.15) is 22.7 Å². The van der Waals surface area contributed by atoms with E-state index in [1.165, 1.54) is 29.5 Å². The Bertz CT molecular complexity index is 823. The second-order valence-electron chi connectivity index (χ2n) is 6.18. The van der Waals surface area contributed by atoms with Gasteiger partial charge in [0.25, 0.3) is 0 Å². The fraction of sp³-hybridized carbons (Fsp3) is 0.474. The molecule has 1 atom stereocenters. The van der Waals surface area contributed by atoms with Crippen LogP contribution in [0.3, 0.4) is 0 Å². The molecule has 0 aliphatic carbocycles. The average Bonchev–Trinajstić information content (AvgIpc) is 3.14. The number of alkyl halides is 2. The normalized spacial score (nSPS) is 12.5. The summed E-state index contributed by atoms with van der Waals surface area (Å²) >= 11 is 1.51. The topological polar surface area (TPSA) is 59.0 Å². The minimum Gasteiger partial charge on any atom is -0.434 e. The number of ether oxygens (including phenoxy) is 2. The van der Waals surface area contributed by atoms with E-state index in [4.69, 9.17) is 4.74 Å². The fourth-order valence-electron chi connectivity index (χ4n) is 2.52. The van der Waals surface area contributed by atoms with E-state index in [1.54, 1.807) is 7.11 Å². The van der Waals surface area contributed by atoms with E-state index in [-0.39, 0.29) is 47.9 Å². The van der Waals surface area contributed by atoms with Gasteiger partial charge in [-0.15, -0.1) is 35.3 Å². The zero-order chi connectivity index (χ0) is 21.4. The lowest BCUT2D eigenvalue weighted by Crippen LogP contribution is -2.38. The van der Waals surface area contributed by atoms with Crippen LogP contribution in [0.1, 0.15) is 36.2 Å². The molecule has 0 aliphatic rings. The Morgan fingerprint density at radius 2 is 2.10 bits per heavy atom. The summed E-state index contributed by atoms with van der Waals surface area (Å²) in [5, 5.41) is 5.92. The largest absolute Gasteiger partial charge is 0.434 e. The highest BCUT2D eigenvalue weighted by molar-refractivity contribution is 14.0. The third-order valence-electron chi connectivity index (χ3n) is 4.05. The van der Waals surface area contributed by atoms with Crippen LogP contribution in [0.15, 0.2) is 28.6 Å². The monoisotopic (exact) mass is 558 g/mol. The predicted molar refractivity (Wildman–Crippen MR) is 122 cm³/mol. The van der Waals surface area contributed by atoms with Crippen molar-refractivity contribution >= 4 is 41.3 Å². The minimum absolute atomic E-state index is 0. The second-order valence-corrected chi connectivity index (χ2v) is 7.07. The van der Waals surface area contributed by atoms with Gasteiger partial charge in [-0.1, -0.05) is 6.07 Å². The van der Waals surface area contributed by atoms with Crippen molar-refractivity contribution in [1.82, 2.24) is 15.2 Å². The molecule has 11 heteroatoms. The van der Waals surface area contributed by atoms with Gasteiger partial charge in [0.15, 0.2) is 5.96 Å². The van der Waals surface area contributed by atoms with Crippen molar-refractivity contribution in [3.05, 3.63) is 45.7 Å². The van der Waals surface area contributed by atoms with Gasteiger partial charge in [0.2, 0.25) is 0 Å². The highest BCUT2D eigenvalue weighted by Crippen LogP contribution is 2.24. The molecule has 0 amide bonds. The number of aliphatic imine (C=N–C) groups is 1. The zero-order valence-corrected chi connectivity index (χ0v) is 20.3. The summed E-state index contributed by atoms with van der Waals surface area (Å²) < 4.78 is 49.0. The SMILES string of the molecule is CCNC(=NCc1c(F)cccc1OC(F)F)N(C)Cc1csc(C(C)OC)n1.I. The lowest BCUT2D eigenvalue weighted by atomic mass is 10.2. The van der Waals surface area contributed by atoms with E-state index in [1.807, 2.05) is 31.2 Å². The summed E-state index contributed by atoms with van der Waals surface area (Å²) in [6, 6.07) is 3.80. The van der Waals surface area contributed by atoms with Gasteiger partial charge >= 0.3 is 6.61 Å². The van der Waals surface area contributed by atoms with Crippen molar-refractivity contribution in [2.75, 3.05) is 20.7 Å². The number of hydrogen-bond acceptors (Lipinski definition) is 5. The van der Waals surface area contributed by atoms with Crippen LogP contribution in [0.2, 0.25) is 0 Å². The number of thiazole rings is 1. The Balaban J connectivity index is 0.00000450. The van der Waals surface area contributed by atoms with Gasteiger partial charge in [-0.05, 0) is 26.0 Å². The maximum atomic E-state index is 14.1. The van der Waals surface area contributed by atoms with Crippen LogP contribution in [0, 0.1) is 5.82 Å². The maximum Gasteiger partial charge on any atom is 0.387 e. The first-order valence-corrected chi connectivity index (χ1v) is 9.92. The maximum absolute atomic E-state index is 14.1. The minimum atomic E-state index is -3.04. The molecule has 0 saturated carbocycles. The molecule has 0 radical (unpaired) electrons. The molecule has 2 rings (SSSR count). The Morgan fingerprint density at radius 1 is 1.37 bits per heavy atom. The smallest absolute Gasteiger partial charge is 0.387 e. The van der Waals surface area contributed by atoms with Crippen LogP contribution in [0.4, 0.5) is 13.2 Å². The molecule has 168 valence electrons. The van der Waals surface area contributed by atoms with Crippen LogP contribution < -0.4 is 10.1 Å². The molecule has 1 N–H and O–H groups in total. The molecule has 1 unspecified atom stereocenters. The first-order chi connectivity index (χ1) is 13.8. The van der Waals surface area contributed by atoms with Gasteiger partial charge in [-0.25, -0.2) is 14.4 Å². The van der Waals surface area contributed by atoms with E-state index < -0.39 is 12.4 Å². The number of nitrogens with one attached hydrogen (secondary N) is 1. The second kappa shape index (κ2) is 13.0. The molecule has 1 aromatic heterocycles. The molecule has 30 heavy (non-hydrogen) atoms. The van der Waals surface area contributed by atoms with E-state index in [9.17, 15) is 13.2 Å². The molecule has 0 aliphatic heterocycles. The molecule has 0 spiro atoms. The van der Waals surface area contributed by atoms with Gasteiger partial charge < -0.3 is 19.7 Å². The van der Waals surface area contributed by atoms with E-state index in [0.717, 1.165) is 10.7 Å². The third kappa shape index (κ3) is 7.58. The summed E-state index contributed by atoms with van der Waals surface area (Å²) in [5.41, 5.74) is 0.816. The molecular weight excluding hydrogens is 532 g/mol. The van der Waals surface area contributed by atoms with Crippen molar-refractivity contribution in [2.45, 2.75) is 39.7 Å². The lowest BCUT2D eigenvalue weighted by molar-refractivity contribution is -0.0506. The average molecular weight is 558 g/mol. The molecule has 1 aromatic carbocycles. The summed E-state index contributed by atoms with van der Waals surface area (Å²) in [4.78, 5) is 10.8. The quantitative estimate of drug-likeness (QED) is 0.272. The Labute approximate surface area is 195 Å². The van der Waals surface area contributed by atoms with Gasteiger partial charge in [0, 0.05) is 26.1 Å². The van der Waals surface area contributed by atoms with Crippen LogP contribution >= 0.6 is 35.3 Å². The highest BCUT2D eigenvalue weighted by atomic mass is 127.